The molecule has 1 saturated heterocycles. The number of sulfonamides is 1. The molecule has 0 spiro atoms. The summed E-state index contributed by atoms with van der Waals surface area (Å²) in [4.78, 5) is 19.2. The van der Waals surface area contributed by atoms with Crippen molar-refractivity contribution in [1.82, 2.24) is 4.98 Å². The number of fused-ring (bicyclic) bond motifs is 1. The predicted octanol–water partition coefficient (Wildman–Crippen LogP) is 2.75. The zero-order valence-corrected chi connectivity index (χ0v) is 17.5. The average molecular weight is 433 g/mol. The van der Waals surface area contributed by atoms with Crippen LogP contribution in [-0.2, 0) is 14.8 Å². The Morgan fingerprint density at radius 2 is 1.93 bits per heavy atom. The zero-order valence-electron chi connectivity index (χ0n) is 15.9. The number of anilines is 3. The minimum Gasteiger partial charge on any atom is -0.494 e. The summed E-state index contributed by atoms with van der Waals surface area (Å²) in [5, 5.41) is 3.72. The second-order valence-corrected chi connectivity index (χ2v) is 9.61. The Labute approximate surface area is 172 Å². The Hall–Kier alpha value is -2.85. The monoisotopic (exact) mass is 432 g/mol. The lowest BCUT2D eigenvalue weighted by Gasteiger charge is -2.37. The van der Waals surface area contributed by atoms with Crippen LogP contribution in [0.3, 0.4) is 0 Å². The standard InChI is InChI=1S/C19H20N4O4S2/c1-27-15-7-4-8-16-17(15)21-19(28-16)23-10-12(11-23)18(24)20-13-5-3-6-14(9-13)22-29(2,25)26/h3-9,12,22H,10-11H2,1-2H3,(H,20,24). The first-order valence-electron chi connectivity index (χ1n) is 8.89. The van der Waals surface area contributed by atoms with Crippen molar-refractivity contribution in [3.8, 4) is 5.75 Å². The summed E-state index contributed by atoms with van der Waals surface area (Å²) in [5.41, 5.74) is 1.79. The van der Waals surface area contributed by atoms with Crippen molar-refractivity contribution in [2.45, 2.75) is 0 Å². The van der Waals surface area contributed by atoms with Gasteiger partial charge < -0.3 is 15.0 Å². The number of hydrogen-bond donors (Lipinski definition) is 2. The number of methoxy groups -OCH3 is 1. The molecule has 2 N–H and O–H groups in total. The first kappa shape index (κ1) is 19.5. The Bertz CT molecular complexity index is 1170. The third kappa shape index (κ3) is 4.28. The van der Waals surface area contributed by atoms with Gasteiger partial charge in [0.15, 0.2) is 5.13 Å². The maximum absolute atomic E-state index is 12.5. The molecule has 2 aromatic carbocycles. The van der Waals surface area contributed by atoms with Gasteiger partial charge in [-0.25, -0.2) is 13.4 Å². The summed E-state index contributed by atoms with van der Waals surface area (Å²) in [6, 6.07) is 12.4. The predicted molar refractivity (Wildman–Crippen MR) is 115 cm³/mol. The van der Waals surface area contributed by atoms with Crippen molar-refractivity contribution in [3.05, 3.63) is 42.5 Å². The van der Waals surface area contributed by atoms with Crippen molar-refractivity contribution in [1.29, 1.82) is 0 Å². The third-order valence-corrected chi connectivity index (χ3v) is 6.23. The Morgan fingerprint density at radius 1 is 1.21 bits per heavy atom. The number of carbonyl (C=O) groups is 1. The van der Waals surface area contributed by atoms with E-state index in [0.717, 1.165) is 27.4 Å². The van der Waals surface area contributed by atoms with Crippen LogP contribution < -0.4 is 19.7 Å². The van der Waals surface area contributed by atoms with Crippen LogP contribution in [0, 0.1) is 5.92 Å². The Morgan fingerprint density at radius 3 is 2.66 bits per heavy atom. The molecule has 0 radical (unpaired) electrons. The highest BCUT2D eigenvalue weighted by Gasteiger charge is 2.34. The highest BCUT2D eigenvalue weighted by molar-refractivity contribution is 7.92. The summed E-state index contributed by atoms with van der Waals surface area (Å²) in [6.45, 7) is 1.16. The summed E-state index contributed by atoms with van der Waals surface area (Å²) in [6.07, 6.45) is 1.08. The molecular weight excluding hydrogens is 412 g/mol. The van der Waals surface area contributed by atoms with Crippen LogP contribution in [0.2, 0.25) is 0 Å². The SMILES string of the molecule is COc1cccc2sc(N3CC(C(=O)Nc4cccc(NS(C)(=O)=O)c4)C3)nc12. The molecule has 29 heavy (non-hydrogen) atoms. The van der Waals surface area contributed by atoms with Crippen LogP contribution in [0.5, 0.6) is 5.75 Å². The fraction of sp³-hybridized carbons (Fsp3) is 0.263. The number of aromatic nitrogens is 1. The van der Waals surface area contributed by atoms with Gasteiger partial charge in [-0.3, -0.25) is 9.52 Å². The van der Waals surface area contributed by atoms with E-state index < -0.39 is 10.0 Å². The molecule has 8 nitrogen and oxygen atoms in total. The quantitative estimate of drug-likeness (QED) is 0.621. The molecule has 1 fully saturated rings. The lowest BCUT2D eigenvalue weighted by Crippen LogP contribution is -2.52. The van der Waals surface area contributed by atoms with Crippen molar-refractivity contribution in [2.75, 3.05) is 41.4 Å². The molecule has 2 heterocycles. The van der Waals surface area contributed by atoms with E-state index in [1.807, 2.05) is 18.2 Å². The molecule has 0 saturated carbocycles. The van der Waals surface area contributed by atoms with Gasteiger partial charge in [-0.1, -0.05) is 23.5 Å². The van der Waals surface area contributed by atoms with Gasteiger partial charge in [0.2, 0.25) is 15.9 Å². The number of ether oxygens (including phenoxy) is 1. The minimum absolute atomic E-state index is 0.101. The second kappa shape index (κ2) is 7.53. The highest BCUT2D eigenvalue weighted by Crippen LogP contribution is 2.36. The first-order valence-corrected chi connectivity index (χ1v) is 11.6. The van der Waals surface area contributed by atoms with E-state index >= 15 is 0 Å². The second-order valence-electron chi connectivity index (χ2n) is 6.85. The molecule has 152 valence electrons. The minimum atomic E-state index is -3.37. The molecule has 1 aromatic heterocycles. The van der Waals surface area contributed by atoms with E-state index in [2.05, 4.69) is 19.9 Å². The molecule has 0 bridgehead atoms. The van der Waals surface area contributed by atoms with Gasteiger partial charge in [0, 0.05) is 18.8 Å². The van der Waals surface area contributed by atoms with Crippen molar-refractivity contribution >= 4 is 54.0 Å². The lowest BCUT2D eigenvalue weighted by molar-refractivity contribution is -0.120. The Balaban J connectivity index is 1.39. The molecule has 3 aromatic rings. The molecule has 0 atom stereocenters. The van der Waals surface area contributed by atoms with Crippen LogP contribution in [0.15, 0.2) is 42.5 Å². The number of hydrogen-bond acceptors (Lipinski definition) is 7. The molecule has 1 aliphatic heterocycles. The number of carbonyl (C=O) groups excluding carboxylic acids is 1. The number of para-hydroxylation sites is 1. The molecule has 10 heteroatoms. The van der Waals surface area contributed by atoms with E-state index in [1.165, 1.54) is 0 Å². The van der Waals surface area contributed by atoms with Crippen molar-refractivity contribution in [2.24, 2.45) is 5.92 Å². The number of nitrogens with zero attached hydrogens (tertiary/aromatic N) is 2. The Kier molecular flexibility index (Phi) is 5.05. The number of thiazole rings is 1. The summed E-state index contributed by atoms with van der Waals surface area (Å²) in [5.74, 6) is 0.481. The van der Waals surface area contributed by atoms with E-state index in [0.29, 0.717) is 24.5 Å². The van der Waals surface area contributed by atoms with Crippen LogP contribution >= 0.6 is 11.3 Å². The number of nitrogens with one attached hydrogen (secondary N) is 2. The normalized spacial score (nSPS) is 14.5. The molecule has 1 aliphatic rings. The van der Waals surface area contributed by atoms with Gasteiger partial charge >= 0.3 is 0 Å². The molecule has 0 unspecified atom stereocenters. The maximum Gasteiger partial charge on any atom is 0.231 e. The number of rotatable bonds is 6. The molecule has 0 aliphatic carbocycles. The fourth-order valence-corrected chi connectivity index (χ4v) is 4.69. The van der Waals surface area contributed by atoms with Crippen molar-refractivity contribution in [3.63, 3.8) is 0 Å². The van der Waals surface area contributed by atoms with Crippen LogP contribution in [0.25, 0.3) is 10.2 Å². The number of benzene rings is 2. The highest BCUT2D eigenvalue weighted by atomic mass is 32.2. The fourth-order valence-electron chi connectivity index (χ4n) is 3.13. The topological polar surface area (TPSA) is 101 Å². The summed E-state index contributed by atoms with van der Waals surface area (Å²) < 4.78 is 31.5. The van der Waals surface area contributed by atoms with E-state index in [1.54, 1.807) is 42.7 Å². The van der Waals surface area contributed by atoms with Gasteiger partial charge in [0.05, 0.1) is 29.7 Å². The van der Waals surface area contributed by atoms with Crippen molar-refractivity contribution < 1.29 is 17.9 Å². The van der Waals surface area contributed by atoms with Crippen LogP contribution in [0.1, 0.15) is 0 Å². The van der Waals surface area contributed by atoms with E-state index in [9.17, 15) is 13.2 Å². The summed E-state index contributed by atoms with van der Waals surface area (Å²) >= 11 is 1.57. The van der Waals surface area contributed by atoms with E-state index in [-0.39, 0.29) is 11.8 Å². The van der Waals surface area contributed by atoms with Crippen LogP contribution in [-0.4, -0.2) is 45.8 Å². The first-order chi connectivity index (χ1) is 13.8. The third-order valence-electron chi connectivity index (χ3n) is 4.55. The molecular formula is C19H20N4O4S2. The van der Waals surface area contributed by atoms with Gasteiger partial charge in [0.25, 0.3) is 0 Å². The van der Waals surface area contributed by atoms with Gasteiger partial charge in [-0.2, -0.15) is 0 Å². The summed E-state index contributed by atoms with van der Waals surface area (Å²) in [7, 11) is -1.75. The molecule has 4 rings (SSSR count). The maximum atomic E-state index is 12.5. The van der Waals surface area contributed by atoms with Crippen LogP contribution in [0.4, 0.5) is 16.5 Å². The smallest absolute Gasteiger partial charge is 0.231 e. The zero-order chi connectivity index (χ0) is 20.6. The van der Waals surface area contributed by atoms with Gasteiger partial charge in [0.1, 0.15) is 11.3 Å². The molecule has 1 amide bonds. The van der Waals surface area contributed by atoms with Gasteiger partial charge in [-0.05, 0) is 30.3 Å². The van der Waals surface area contributed by atoms with Gasteiger partial charge in [-0.15, -0.1) is 0 Å². The number of amides is 1. The lowest BCUT2D eigenvalue weighted by atomic mass is 10.00. The average Bonchev–Trinajstić information content (AvgIpc) is 3.02. The largest absolute Gasteiger partial charge is 0.494 e. The van der Waals surface area contributed by atoms with E-state index in [4.69, 9.17) is 4.74 Å².